The van der Waals surface area contributed by atoms with E-state index in [1.165, 1.54) is 25.3 Å². The van der Waals surface area contributed by atoms with Gasteiger partial charge in [-0.2, -0.15) is 0 Å². The number of rotatable bonds is 8. The first-order chi connectivity index (χ1) is 12.0. The van der Waals surface area contributed by atoms with Crippen molar-refractivity contribution in [3.05, 3.63) is 64.2 Å². The van der Waals surface area contributed by atoms with Gasteiger partial charge < -0.3 is 15.0 Å². The molecule has 0 bridgehead atoms. The maximum absolute atomic E-state index is 12.3. The molecule has 132 valence electrons. The number of nitrogens with zero attached hydrogens (tertiary/aromatic N) is 2. The largest absolute Gasteiger partial charge is 0.496 e. The zero-order chi connectivity index (χ0) is 18.2. The maximum atomic E-state index is 12.3. The van der Waals surface area contributed by atoms with Crippen LogP contribution in [0.2, 0.25) is 0 Å². The molecular formula is C18H21N3O4. The van der Waals surface area contributed by atoms with Crippen LogP contribution in [0.4, 0.5) is 11.4 Å². The Morgan fingerprint density at radius 1 is 1.24 bits per heavy atom. The summed E-state index contributed by atoms with van der Waals surface area (Å²) in [6.07, 6.45) is 0.744. The number of hydrogen-bond acceptors (Lipinski definition) is 5. The smallest absolute Gasteiger partial charge is 0.270 e. The van der Waals surface area contributed by atoms with Gasteiger partial charge in [-0.3, -0.25) is 14.9 Å². The second-order valence-corrected chi connectivity index (χ2v) is 5.51. The molecule has 7 heteroatoms. The van der Waals surface area contributed by atoms with Crippen LogP contribution in [0.3, 0.4) is 0 Å². The summed E-state index contributed by atoms with van der Waals surface area (Å²) in [6, 6.07) is 13.9. The number of carbonyl (C=O) groups is 1. The number of para-hydroxylation sites is 1. The first-order valence-electron chi connectivity index (χ1n) is 7.89. The molecule has 0 aliphatic rings. The minimum absolute atomic E-state index is 0.144. The Morgan fingerprint density at radius 3 is 2.60 bits per heavy atom. The number of benzene rings is 2. The first-order valence-corrected chi connectivity index (χ1v) is 7.89. The first kappa shape index (κ1) is 18.3. The van der Waals surface area contributed by atoms with Gasteiger partial charge >= 0.3 is 0 Å². The molecule has 1 N–H and O–H groups in total. The van der Waals surface area contributed by atoms with Crippen molar-refractivity contribution in [3.63, 3.8) is 0 Å². The number of carbonyl (C=O) groups excluding carboxylic acids is 1. The minimum atomic E-state index is -0.537. The average Bonchev–Trinajstić information content (AvgIpc) is 2.64. The van der Waals surface area contributed by atoms with Crippen molar-refractivity contribution in [2.24, 2.45) is 0 Å². The minimum Gasteiger partial charge on any atom is -0.496 e. The van der Waals surface area contributed by atoms with Gasteiger partial charge in [-0.25, -0.2) is 0 Å². The van der Waals surface area contributed by atoms with Gasteiger partial charge in [0, 0.05) is 38.0 Å². The van der Waals surface area contributed by atoms with Gasteiger partial charge in [-0.1, -0.05) is 18.2 Å². The molecule has 0 fully saturated rings. The Hall–Kier alpha value is -3.09. The number of amides is 1. The molecule has 7 nitrogen and oxygen atoms in total. The Morgan fingerprint density at radius 2 is 1.96 bits per heavy atom. The lowest BCUT2D eigenvalue weighted by atomic mass is 10.1. The van der Waals surface area contributed by atoms with Crippen LogP contribution in [0.1, 0.15) is 16.8 Å². The number of nitro benzene ring substituents is 1. The number of non-ortho nitro benzene ring substituents is 1. The second-order valence-electron chi connectivity index (χ2n) is 5.51. The lowest BCUT2D eigenvalue weighted by Crippen LogP contribution is -2.28. The third kappa shape index (κ3) is 4.94. The molecule has 2 rings (SSSR count). The van der Waals surface area contributed by atoms with Crippen molar-refractivity contribution in [3.8, 4) is 5.75 Å². The van der Waals surface area contributed by atoms with Crippen LogP contribution in [0.25, 0.3) is 0 Å². The Labute approximate surface area is 146 Å². The number of anilines is 1. The highest BCUT2D eigenvalue weighted by atomic mass is 16.6. The second kappa shape index (κ2) is 8.68. The third-order valence-electron chi connectivity index (χ3n) is 3.79. The van der Waals surface area contributed by atoms with Gasteiger partial charge in [0.1, 0.15) is 5.75 Å². The van der Waals surface area contributed by atoms with E-state index in [1.54, 1.807) is 0 Å². The van der Waals surface area contributed by atoms with E-state index >= 15 is 0 Å². The lowest BCUT2D eigenvalue weighted by Gasteiger charge is -2.19. The van der Waals surface area contributed by atoms with Crippen LogP contribution < -0.4 is 15.0 Å². The van der Waals surface area contributed by atoms with Gasteiger partial charge in [0.15, 0.2) is 0 Å². The van der Waals surface area contributed by atoms with Gasteiger partial charge in [0.05, 0.1) is 17.6 Å². The normalized spacial score (nSPS) is 10.2. The predicted molar refractivity (Wildman–Crippen MR) is 96.3 cm³/mol. The van der Waals surface area contributed by atoms with Crippen molar-refractivity contribution in [2.75, 3.05) is 32.1 Å². The van der Waals surface area contributed by atoms with E-state index < -0.39 is 4.92 Å². The topological polar surface area (TPSA) is 84.7 Å². The quantitative estimate of drug-likeness (QED) is 0.452. The number of ether oxygens (including phenoxy) is 1. The lowest BCUT2D eigenvalue weighted by molar-refractivity contribution is -0.384. The van der Waals surface area contributed by atoms with Crippen molar-refractivity contribution in [1.82, 2.24) is 5.32 Å². The van der Waals surface area contributed by atoms with Gasteiger partial charge in [-0.05, 0) is 24.6 Å². The molecule has 2 aromatic rings. The number of methoxy groups -OCH3 is 1. The molecule has 0 spiro atoms. The summed E-state index contributed by atoms with van der Waals surface area (Å²) in [5.74, 6) is -0.0765. The van der Waals surface area contributed by atoms with E-state index in [1.807, 2.05) is 37.4 Å². The highest BCUT2D eigenvalue weighted by Gasteiger charge is 2.17. The van der Waals surface area contributed by atoms with E-state index in [4.69, 9.17) is 4.74 Å². The maximum Gasteiger partial charge on any atom is 0.270 e. The molecule has 25 heavy (non-hydrogen) atoms. The van der Waals surface area contributed by atoms with Crippen LogP contribution in [0.15, 0.2) is 48.5 Å². The molecular weight excluding hydrogens is 322 g/mol. The summed E-state index contributed by atoms with van der Waals surface area (Å²) in [7, 11) is 3.41. The number of hydrogen-bond donors (Lipinski definition) is 1. The van der Waals surface area contributed by atoms with Crippen LogP contribution in [-0.2, 0) is 0 Å². The molecule has 0 saturated carbocycles. The van der Waals surface area contributed by atoms with Crippen molar-refractivity contribution in [1.29, 1.82) is 0 Å². The molecule has 0 atom stereocenters. The monoisotopic (exact) mass is 343 g/mol. The van der Waals surface area contributed by atoms with E-state index in [0.29, 0.717) is 12.3 Å². The highest BCUT2D eigenvalue weighted by molar-refractivity contribution is 5.97. The van der Waals surface area contributed by atoms with Crippen molar-refractivity contribution in [2.45, 2.75) is 6.42 Å². The average molecular weight is 343 g/mol. The molecule has 0 aliphatic heterocycles. The van der Waals surface area contributed by atoms with Crippen LogP contribution in [-0.4, -0.2) is 38.1 Å². The van der Waals surface area contributed by atoms with Gasteiger partial charge in [0.25, 0.3) is 11.6 Å². The van der Waals surface area contributed by atoms with Crippen molar-refractivity contribution < 1.29 is 14.5 Å². The predicted octanol–water partition coefficient (Wildman–Crippen LogP) is 2.86. The Balaban J connectivity index is 1.90. The molecule has 0 saturated heterocycles. The van der Waals surface area contributed by atoms with E-state index in [9.17, 15) is 14.9 Å². The molecule has 0 heterocycles. The van der Waals surface area contributed by atoms with Crippen LogP contribution >= 0.6 is 0 Å². The van der Waals surface area contributed by atoms with Crippen molar-refractivity contribution >= 4 is 17.3 Å². The Bertz CT molecular complexity index is 734. The zero-order valence-corrected chi connectivity index (χ0v) is 14.3. The summed E-state index contributed by atoms with van der Waals surface area (Å²) in [4.78, 5) is 24.7. The zero-order valence-electron chi connectivity index (χ0n) is 14.3. The Kier molecular flexibility index (Phi) is 6.33. The summed E-state index contributed by atoms with van der Waals surface area (Å²) >= 11 is 0. The summed E-state index contributed by atoms with van der Waals surface area (Å²) in [5.41, 5.74) is 1.12. The highest BCUT2D eigenvalue weighted by Crippen LogP contribution is 2.23. The van der Waals surface area contributed by atoms with E-state index in [0.717, 1.165) is 18.7 Å². The molecule has 1 amide bonds. The van der Waals surface area contributed by atoms with E-state index in [2.05, 4.69) is 10.2 Å². The summed E-state index contributed by atoms with van der Waals surface area (Å²) < 4.78 is 5.11. The standard InChI is InChI=1S/C18H21N3O4/c1-20(14-7-4-3-5-8-14)12-6-11-19-18(22)16-13-15(21(23)24)9-10-17(16)25-2/h3-5,7-10,13H,6,11-12H2,1-2H3,(H,19,22). The SMILES string of the molecule is COc1ccc([N+](=O)[O-])cc1C(=O)NCCCN(C)c1ccccc1. The van der Waals surface area contributed by atoms with Gasteiger partial charge in [0.2, 0.25) is 0 Å². The fourth-order valence-corrected chi connectivity index (χ4v) is 2.41. The summed E-state index contributed by atoms with van der Waals surface area (Å²) in [6.45, 7) is 1.23. The van der Waals surface area contributed by atoms with Crippen LogP contribution in [0, 0.1) is 10.1 Å². The fourth-order valence-electron chi connectivity index (χ4n) is 2.41. The molecule has 0 radical (unpaired) electrons. The molecule has 0 aliphatic carbocycles. The molecule has 0 aromatic heterocycles. The number of nitrogens with one attached hydrogen (secondary N) is 1. The molecule has 2 aromatic carbocycles. The van der Waals surface area contributed by atoms with Crippen LogP contribution in [0.5, 0.6) is 5.75 Å². The number of nitro groups is 1. The van der Waals surface area contributed by atoms with Gasteiger partial charge in [-0.15, -0.1) is 0 Å². The molecule has 0 unspecified atom stereocenters. The third-order valence-corrected chi connectivity index (χ3v) is 3.79. The van der Waals surface area contributed by atoms with E-state index in [-0.39, 0.29) is 17.2 Å². The fraction of sp³-hybridized carbons (Fsp3) is 0.278. The summed E-state index contributed by atoms with van der Waals surface area (Å²) in [5, 5.41) is 13.7.